The van der Waals surface area contributed by atoms with Gasteiger partial charge in [0.2, 0.25) is 0 Å². The number of H-pyrrole nitrogens is 1. The van der Waals surface area contributed by atoms with Gasteiger partial charge < -0.3 is 9.55 Å². The van der Waals surface area contributed by atoms with E-state index in [0.29, 0.717) is 6.04 Å². The van der Waals surface area contributed by atoms with E-state index in [2.05, 4.69) is 51.1 Å². The van der Waals surface area contributed by atoms with E-state index >= 15 is 0 Å². The van der Waals surface area contributed by atoms with Gasteiger partial charge in [-0.15, -0.1) is 10.2 Å². The van der Waals surface area contributed by atoms with Gasteiger partial charge >= 0.3 is 0 Å². The van der Waals surface area contributed by atoms with Crippen LogP contribution in [0.2, 0.25) is 0 Å². The average molecular weight is 266 g/mol. The van der Waals surface area contributed by atoms with Gasteiger partial charge in [-0.1, -0.05) is 24.5 Å². The maximum absolute atomic E-state index is 4.38. The van der Waals surface area contributed by atoms with Crippen LogP contribution < -0.4 is 0 Å². The Morgan fingerprint density at radius 2 is 2.10 bits per heavy atom. The van der Waals surface area contributed by atoms with Crippen LogP contribution in [-0.4, -0.2) is 19.7 Å². The molecule has 0 aliphatic heterocycles. The van der Waals surface area contributed by atoms with Crippen LogP contribution in [0.5, 0.6) is 0 Å². The van der Waals surface area contributed by atoms with Crippen LogP contribution in [0.15, 0.2) is 30.7 Å². The number of nitrogens with one attached hydrogen (secondary N) is 1. The van der Waals surface area contributed by atoms with Crippen LogP contribution >= 0.6 is 0 Å². The third-order valence-corrected chi connectivity index (χ3v) is 4.37. The molecule has 1 aromatic carbocycles. The first-order chi connectivity index (χ1) is 9.83. The molecule has 0 saturated heterocycles. The van der Waals surface area contributed by atoms with Gasteiger partial charge in [0.15, 0.2) is 5.82 Å². The lowest BCUT2D eigenvalue weighted by Gasteiger charge is -2.13. The zero-order valence-corrected chi connectivity index (χ0v) is 11.6. The van der Waals surface area contributed by atoms with E-state index in [9.17, 15) is 0 Å². The molecule has 0 amide bonds. The van der Waals surface area contributed by atoms with Crippen molar-refractivity contribution in [3.05, 3.63) is 36.3 Å². The Bertz CT molecular complexity index is 747. The van der Waals surface area contributed by atoms with Gasteiger partial charge in [-0.05, 0) is 31.9 Å². The molecule has 4 rings (SSSR count). The Morgan fingerprint density at radius 3 is 2.95 bits per heavy atom. The highest BCUT2D eigenvalue weighted by Crippen LogP contribution is 2.34. The standard InChI is InChI=1S/C16H18N4/c1-11-6-7-15-13(8-11)14(9-17-15)16-19-18-10-20(16)12-4-2-3-5-12/h6-10,12,17H,2-5H2,1H3. The number of fused-ring (bicyclic) bond motifs is 1. The number of nitrogens with zero attached hydrogens (tertiary/aromatic N) is 3. The van der Waals surface area contributed by atoms with Crippen LogP contribution in [0.4, 0.5) is 0 Å². The van der Waals surface area contributed by atoms with Gasteiger partial charge in [-0.3, -0.25) is 0 Å². The van der Waals surface area contributed by atoms with Crippen molar-refractivity contribution < 1.29 is 0 Å². The fourth-order valence-electron chi connectivity index (χ4n) is 3.30. The summed E-state index contributed by atoms with van der Waals surface area (Å²) in [6, 6.07) is 7.04. The second-order valence-corrected chi connectivity index (χ2v) is 5.75. The molecule has 1 fully saturated rings. The zero-order valence-electron chi connectivity index (χ0n) is 11.6. The fraction of sp³-hybridized carbons (Fsp3) is 0.375. The summed E-state index contributed by atoms with van der Waals surface area (Å²) in [5.74, 6) is 0.994. The number of aromatic amines is 1. The van der Waals surface area contributed by atoms with Crippen molar-refractivity contribution in [1.29, 1.82) is 0 Å². The summed E-state index contributed by atoms with van der Waals surface area (Å²) in [6.45, 7) is 2.12. The van der Waals surface area contributed by atoms with Crippen molar-refractivity contribution in [3.8, 4) is 11.4 Å². The minimum Gasteiger partial charge on any atom is -0.360 e. The predicted molar refractivity (Wildman–Crippen MR) is 79.6 cm³/mol. The van der Waals surface area contributed by atoms with Crippen molar-refractivity contribution in [1.82, 2.24) is 19.7 Å². The van der Waals surface area contributed by atoms with Crippen LogP contribution in [0.1, 0.15) is 37.3 Å². The summed E-state index contributed by atoms with van der Waals surface area (Å²) in [5.41, 5.74) is 3.59. The SMILES string of the molecule is Cc1ccc2[nH]cc(-c3nncn3C3CCCC3)c2c1. The van der Waals surface area contributed by atoms with Crippen LogP contribution in [0, 0.1) is 6.92 Å². The maximum Gasteiger partial charge on any atom is 0.166 e. The number of hydrogen-bond acceptors (Lipinski definition) is 2. The molecule has 1 N–H and O–H groups in total. The number of aromatic nitrogens is 4. The largest absolute Gasteiger partial charge is 0.360 e. The van der Waals surface area contributed by atoms with E-state index in [1.54, 1.807) is 0 Å². The van der Waals surface area contributed by atoms with Crippen LogP contribution in [0.3, 0.4) is 0 Å². The number of rotatable bonds is 2. The van der Waals surface area contributed by atoms with Crippen LogP contribution in [0.25, 0.3) is 22.3 Å². The smallest absolute Gasteiger partial charge is 0.166 e. The summed E-state index contributed by atoms with van der Waals surface area (Å²) < 4.78 is 2.26. The molecule has 1 saturated carbocycles. The lowest BCUT2D eigenvalue weighted by molar-refractivity contribution is 0.522. The second kappa shape index (κ2) is 4.47. The first-order valence-electron chi connectivity index (χ1n) is 7.30. The minimum atomic E-state index is 0.565. The minimum absolute atomic E-state index is 0.565. The molecule has 2 aromatic heterocycles. The molecule has 20 heavy (non-hydrogen) atoms. The lowest BCUT2D eigenvalue weighted by Crippen LogP contribution is -2.05. The summed E-state index contributed by atoms with van der Waals surface area (Å²) >= 11 is 0. The predicted octanol–water partition coefficient (Wildman–Crippen LogP) is 3.85. The van der Waals surface area contributed by atoms with E-state index in [0.717, 1.165) is 16.9 Å². The monoisotopic (exact) mass is 266 g/mol. The van der Waals surface area contributed by atoms with E-state index in [4.69, 9.17) is 0 Å². The van der Waals surface area contributed by atoms with Crippen molar-refractivity contribution in [2.45, 2.75) is 38.6 Å². The highest BCUT2D eigenvalue weighted by molar-refractivity contribution is 5.94. The summed E-state index contributed by atoms with van der Waals surface area (Å²) in [5, 5.41) is 9.76. The van der Waals surface area contributed by atoms with Gasteiger partial charge in [-0.25, -0.2) is 0 Å². The van der Waals surface area contributed by atoms with Gasteiger partial charge in [0.05, 0.1) is 0 Å². The summed E-state index contributed by atoms with van der Waals surface area (Å²) in [7, 11) is 0. The van der Waals surface area contributed by atoms with Crippen molar-refractivity contribution in [2.24, 2.45) is 0 Å². The molecule has 4 heteroatoms. The molecular weight excluding hydrogens is 248 g/mol. The molecule has 0 bridgehead atoms. The molecule has 4 nitrogen and oxygen atoms in total. The van der Waals surface area contributed by atoms with E-state index in [1.165, 1.54) is 36.6 Å². The normalized spacial score (nSPS) is 16.2. The maximum atomic E-state index is 4.38. The molecule has 0 spiro atoms. The van der Waals surface area contributed by atoms with E-state index in [-0.39, 0.29) is 0 Å². The van der Waals surface area contributed by atoms with Crippen molar-refractivity contribution >= 4 is 10.9 Å². The van der Waals surface area contributed by atoms with E-state index < -0.39 is 0 Å². The molecule has 1 aliphatic rings. The first-order valence-corrected chi connectivity index (χ1v) is 7.30. The third-order valence-electron chi connectivity index (χ3n) is 4.37. The van der Waals surface area contributed by atoms with E-state index in [1.807, 2.05) is 6.33 Å². The molecule has 3 aromatic rings. The highest BCUT2D eigenvalue weighted by Gasteiger charge is 2.21. The Hall–Kier alpha value is -2.10. The molecule has 0 atom stereocenters. The Morgan fingerprint density at radius 1 is 1.25 bits per heavy atom. The Labute approximate surface area is 117 Å². The highest BCUT2D eigenvalue weighted by atomic mass is 15.3. The lowest BCUT2D eigenvalue weighted by atomic mass is 10.1. The molecule has 102 valence electrons. The van der Waals surface area contributed by atoms with Crippen molar-refractivity contribution in [2.75, 3.05) is 0 Å². The third kappa shape index (κ3) is 1.75. The number of benzene rings is 1. The first kappa shape index (κ1) is 11.7. The molecule has 1 aliphatic carbocycles. The average Bonchev–Trinajstić information content (AvgIpc) is 3.17. The number of aryl methyl sites for hydroxylation is 1. The molecule has 2 heterocycles. The fourth-order valence-corrected chi connectivity index (χ4v) is 3.30. The number of hydrogen-bond donors (Lipinski definition) is 1. The molecule has 0 radical (unpaired) electrons. The van der Waals surface area contributed by atoms with Crippen molar-refractivity contribution in [3.63, 3.8) is 0 Å². The Balaban J connectivity index is 1.87. The molecule has 0 unspecified atom stereocenters. The van der Waals surface area contributed by atoms with Gasteiger partial charge in [0.1, 0.15) is 6.33 Å². The Kier molecular flexibility index (Phi) is 2.62. The quantitative estimate of drug-likeness (QED) is 0.765. The van der Waals surface area contributed by atoms with Gasteiger partial charge in [0, 0.05) is 28.7 Å². The van der Waals surface area contributed by atoms with Gasteiger partial charge in [-0.2, -0.15) is 0 Å². The summed E-state index contributed by atoms with van der Waals surface area (Å²) in [4.78, 5) is 3.34. The topological polar surface area (TPSA) is 46.5 Å². The molecular formula is C16H18N4. The summed E-state index contributed by atoms with van der Waals surface area (Å²) in [6.07, 6.45) is 9.06. The van der Waals surface area contributed by atoms with Gasteiger partial charge in [0.25, 0.3) is 0 Å². The zero-order chi connectivity index (χ0) is 13.5. The second-order valence-electron chi connectivity index (χ2n) is 5.75. The van der Waals surface area contributed by atoms with Crippen LogP contribution in [-0.2, 0) is 0 Å².